The third-order valence-electron chi connectivity index (χ3n) is 5.04. The molecule has 1 saturated heterocycles. The molecule has 2 atom stereocenters. The van der Waals surface area contributed by atoms with Crippen LogP contribution in [-0.2, 0) is 11.3 Å². The quantitative estimate of drug-likeness (QED) is 0.777. The van der Waals surface area contributed by atoms with Gasteiger partial charge in [0.25, 0.3) is 0 Å². The Morgan fingerprint density at radius 2 is 2.30 bits per heavy atom. The SMILES string of the molecule is Cc1ncsc1CN(C)C[C@H]1CCN(C(=O)[C@@H]2CC=CCC2)C1. The average Bonchev–Trinajstić information content (AvgIpc) is 3.17. The predicted molar refractivity (Wildman–Crippen MR) is 94.4 cm³/mol. The van der Waals surface area contributed by atoms with Crippen molar-refractivity contribution in [3.8, 4) is 0 Å². The molecule has 1 aromatic rings. The molecule has 1 aliphatic heterocycles. The van der Waals surface area contributed by atoms with Crippen LogP contribution < -0.4 is 0 Å². The van der Waals surface area contributed by atoms with E-state index in [1.54, 1.807) is 11.3 Å². The average molecular weight is 334 g/mol. The molecule has 0 unspecified atom stereocenters. The maximum absolute atomic E-state index is 12.6. The third kappa shape index (κ3) is 4.21. The minimum absolute atomic E-state index is 0.233. The Morgan fingerprint density at radius 1 is 1.43 bits per heavy atom. The minimum atomic E-state index is 0.233. The van der Waals surface area contributed by atoms with Crippen molar-refractivity contribution in [2.45, 2.75) is 39.2 Å². The van der Waals surface area contributed by atoms with E-state index in [1.165, 1.54) is 4.88 Å². The number of carbonyl (C=O) groups excluding carboxylic acids is 1. The van der Waals surface area contributed by atoms with E-state index in [0.717, 1.165) is 57.6 Å². The Kier molecular flexibility index (Phi) is 5.49. The molecule has 0 spiro atoms. The van der Waals surface area contributed by atoms with Gasteiger partial charge in [-0.3, -0.25) is 4.79 Å². The summed E-state index contributed by atoms with van der Waals surface area (Å²) in [7, 11) is 2.18. The highest BCUT2D eigenvalue weighted by atomic mass is 32.1. The molecule has 0 bridgehead atoms. The first-order chi connectivity index (χ1) is 11.1. The monoisotopic (exact) mass is 333 g/mol. The molecule has 5 heteroatoms. The van der Waals surface area contributed by atoms with Crippen molar-refractivity contribution < 1.29 is 4.79 Å². The fourth-order valence-corrected chi connectivity index (χ4v) is 4.54. The van der Waals surface area contributed by atoms with Gasteiger partial charge in [0, 0.05) is 37.0 Å². The van der Waals surface area contributed by atoms with Crippen LogP contribution in [0.2, 0.25) is 0 Å². The molecular weight excluding hydrogens is 306 g/mol. The number of allylic oxidation sites excluding steroid dienone is 2. The Bertz CT molecular complexity index is 568. The largest absolute Gasteiger partial charge is 0.342 e. The van der Waals surface area contributed by atoms with Crippen LogP contribution >= 0.6 is 11.3 Å². The normalized spacial score (nSPS) is 24.6. The van der Waals surface area contributed by atoms with Crippen LogP contribution in [0, 0.1) is 18.8 Å². The predicted octanol–water partition coefficient (Wildman–Crippen LogP) is 3.09. The fourth-order valence-electron chi connectivity index (χ4n) is 3.69. The number of hydrogen-bond donors (Lipinski definition) is 0. The van der Waals surface area contributed by atoms with Gasteiger partial charge in [-0.15, -0.1) is 11.3 Å². The first kappa shape index (κ1) is 16.7. The maximum Gasteiger partial charge on any atom is 0.226 e. The topological polar surface area (TPSA) is 36.4 Å². The molecule has 3 rings (SSSR count). The molecule has 1 fully saturated rings. The number of rotatable bonds is 5. The summed E-state index contributed by atoms with van der Waals surface area (Å²) in [6, 6.07) is 0. The van der Waals surface area contributed by atoms with Gasteiger partial charge in [-0.25, -0.2) is 4.98 Å². The number of nitrogens with zero attached hydrogens (tertiary/aromatic N) is 3. The first-order valence-corrected chi connectivity index (χ1v) is 9.52. The van der Waals surface area contributed by atoms with Crippen LogP contribution in [0.25, 0.3) is 0 Å². The van der Waals surface area contributed by atoms with Gasteiger partial charge in [0.1, 0.15) is 0 Å². The molecule has 23 heavy (non-hydrogen) atoms. The van der Waals surface area contributed by atoms with Crippen LogP contribution in [0.1, 0.15) is 36.3 Å². The van der Waals surface area contributed by atoms with Crippen molar-refractivity contribution in [1.29, 1.82) is 0 Å². The fraction of sp³-hybridized carbons (Fsp3) is 0.667. The highest BCUT2D eigenvalue weighted by Gasteiger charge is 2.31. The summed E-state index contributed by atoms with van der Waals surface area (Å²) in [5.74, 6) is 1.23. The molecule has 1 aromatic heterocycles. The maximum atomic E-state index is 12.6. The number of aryl methyl sites for hydroxylation is 1. The van der Waals surface area contributed by atoms with Gasteiger partial charge >= 0.3 is 0 Å². The summed E-state index contributed by atoms with van der Waals surface area (Å²) in [6.45, 7) is 5.98. The smallest absolute Gasteiger partial charge is 0.226 e. The standard InChI is InChI=1S/C18H27N3OS/c1-14-17(23-13-19-14)12-20(2)10-15-8-9-21(11-15)18(22)16-6-4-3-5-7-16/h3-4,13,15-16H,5-12H2,1-2H3/t15-,16-/m1/s1. The molecular formula is C18H27N3OS. The van der Waals surface area contributed by atoms with Gasteiger partial charge in [0.2, 0.25) is 5.91 Å². The summed E-state index contributed by atoms with van der Waals surface area (Å²) >= 11 is 1.74. The number of thiazole rings is 1. The lowest BCUT2D eigenvalue weighted by Gasteiger charge is -2.25. The van der Waals surface area contributed by atoms with E-state index < -0.39 is 0 Å². The Labute approximate surface area is 143 Å². The van der Waals surface area contributed by atoms with Crippen LogP contribution in [0.4, 0.5) is 0 Å². The van der Waals surface area contributed by atoms with Crippen molar-refractivity contribution in [3.05, 3.63) is 28.2 Å². The van der Waals surface area contributed by atoms with Crippen molar-refractivity contribution in [1.82, 2.24) is 14.8 Å². The molecule has 4 nitrogen and oxygen atoms in total. The number of amides is 1. The van der Waals surface area contributed by atoms with Crippen LogP contribution in [0.5, 0.6) is 0 Å². The molecule has 126 valence electrons. The molecule has 2 aliphatic rings. The van der Waals surface area contributed by atoms with E-state index in [0.29, 0.717) is 11.8 Å². The number of aromatic nitrogens is 1. The van der Waals surface area contributed by atoms with Crippen molar-refractivity contribution in [3.63, 3.8) is 0 Å². The molecule has 0 N–H and O–H groups in total. The lowest BCUT2D eigenvalue weighted by Crippen LogP contribution is -2.36. The van der Waals surface area contributed by atoms with E-state index in [9.17, 15) is 4.79 Å². The number of likely N-dealkylation sites (tertiary alicyclic amines) is 1. The van der Waals surface area contributed by atoms with Crippen LogP contribution in [-0.4, -0.2) is 47.4 Å². The van der Waals surface area contributed by atoms with Gasteiger partial charge < -0.3 is 9.80 Å². The van der Waals surface area contributed by atoms with E-state index in [2.05, 4.69) is 40.9 Å². The van der Waals surface area contributed by atoms with E-state index in [-0.39, 0.29) is 5.92 Å². The second-order valence-corrected chi connectivity index (χ2v) is 7.92. The van der Waals surface area contributed by atoms with Gasteiger partial charge in [-0.2, -0.15) is 0 Å². The van der Waals surface area contributed by atoms with Crippen molar-refractivity contribution >= 4 is 17.2 Å². The van der Waals surface area contributed by atoms with Gasteiger partial charge in [-0.1, -0.05) is 12.2 Å². The Balaban J connectivity index is 1.46. The number of carbonyl (C=O) groups is 1. The molecule has 1 aliphatic carbocycles. The Morgan fingerprint density at radius 3 is 3.00 bits per heavy atom. The zero-order valence-electron chi connectivity index (χ0n) is 14.2. The second-order valence-electron chi connectivity index (χ2n) is 6.98. The van der Waals surface area contributed by atoms with Crippen LogP contribution in [0.15, 0.2) is 17.7 Å². The number of hydrogen-bond acceptors (Lipinski definition) is 4. The first-order valence-electron chi connectivity index (χ1n) is 8.64. The molecule has 0 aromatic carbocycles. The van der Waals surface area contributed by atoms with E-state index >= 15 is 0 Å². The van der Waals surface area contributed by atoms with Crippen molar-refractivity contribution in [2.24, 2.45) is 11.8 Å². The van der Waals surface area contributed by atoms with E-state index in [1.807, 2.05) is 5.51 Å². The molecule has 0 radical (unpaired) electrons. The summed E-state index contributed by atoms with van der Waals surface area (Å²) in [5.41, 5.74) is 3.07. The summed E-state index contributed by atoms with van der Waals surface area (Å²) in [5, 5.41) is 0. The van der Waals surface area contributed by atoms with E-state index in [4.69, 9.17) is 0 Å². The zero-order chi connectivity index (χ0) is 16.2. The molecule has 2 heterocycles. The van der Waals surface area contributed by atoms with Gasteiger partial charge in [0.05, 0.1) is 11.2 Å². The molecule has 1 amide bonds. The lowest BCUT2D eigenvalue weighted by molar-refractivity contribution is -0.134. The van der Waals surface area contributed by atoms with Gasteiger partial charge in [-0.05, 0) is 45.6 Å². The van der Waals surface area contributed by atoms with Crippen molar-refractivity contribution in [2.75, 3.05) is 26.7 Å². The van der Waals surface area contributed by atoms with Crippen LogP contribution in [0.3, 0.4) is 0 Å². The highest BCUT2D eigenvalue weighted by Crippen LogP contribution is 2.25. The van der Waals surface area contributed by atoms with Gasteiger partial charge in [0.15, 0.2) is 0 Å². The molecule has 0 saturated carbocycles. The lowest BCUT2D eigenvalue weighted by atomic mass is 9.93. The third-order valence-corrected chi connectivity index (χ3v) is 5.96. The summed E-state index contributed by atoms with van der Waals surface area (Å²) < 4.78 is 0. The highest BCUT2D eigenvalue weighted by molar-refractivity contribution is 7.09. The minimum Gasteiger partial charge on any atom is -0.342 e. The zero-order valence-corrected chi connectivity index (χ0v) is 15.0. The second kappa shape index (κ2) is 7.58. The summed E-state index contributed by atoms with van der Waals surface area (Å²) in [4.78, 5) is 22.8. The summed E-state index contributed by atoms with van der Waals surface area (Å²) in [6.07, 6.45) is 8.54. The Hall–Kier alpha value is -1.20.